The highest BCUT2D eigenvalue weighted by Gasteiger charge is 2.36. The first-order valence-electron chi connectivity index (χ1n) is 7.97. The Hall–Kier alpha value is -1.60. The number of ether oxygens (including phenoxy) is 1. The van der Waals surface area contributed by atoms with Gasteiger partial charge in [0.25, 0.3) is 5.91 Å². The second kappa shape index (κ2) is 6.72. The SMILES string of the molecule is COc1cc([B]OC(C)(C)C(C)(C)O)cc(F)c1C(=O)NC1CC1. The predicted molar refractivity (Wildman–Crippen MR) is 90.3 cm³/mol. The lowest BCUT2D eigenvalue weighted by molar-refractivity contribution is -0.0893. The normalized spacial score (nSPS) is 15.1. The molecule has 0 bridgehead atoms. The van der Waals surface area contributed by atoms with Crippen molar-refractivity contribution in [2.45, 2.75) is 57.8 Å². The largest absolute Gasteiger partial charge is 0.496 e. The molecule has 131 valence electrons. The van der Waals surface area contributed by atoms with E-state index in [1.165, 1.54) is 26.7 Å². The molecule has 7 heteroatoms. The summed E-state index contributed by atoms with van der Waals surface area (Å²) in [6.45, 7) is 6.73. The van der Waals surface area contributed by atoms with Crippen molar-refractivity contribution in [3.8, 4) is 5.75 Å². The Morgan fingerprint density at radius 3 is 2.46 bits per heavy atom. The zero-order valence-corrected chi connectivity index (χ0v) is 14.8. The Kier molecular flexibility index (Phi) is 5.25. The van der Waals surface area contributed by atoms with Crippen molar-refractivity contribution in [1.29, 1.82) is 0 Å². The fourth-order valence-electron chi connectivity index (χ4n) is 1.90. The van der Waals surface area contributed by atoms with Gasteiger partial charge in [-0.15, -0.1) is 0 Å². The Labute approximate surface area is 142 Å². The number of hydrogen-bond donors (Lipinski definition) is 2. The van der Waals surface area contributed by atoms with Gasteiger partial charge >= 0.3 is 7.48 Å². The molecule has 5 nitrogen and oxygen atoms in total. The lowest BCUT2D eigenvalue weighted by Gasteiger charge is -2.37. The van der Waals surface area contributed by atoms with Crippen LogP contribution in [0.25, 0.3) is 0 Å². The van der Waals surface area contributed by atoms with Gasteiger partial charge in [0, 0.05) is 6.04 Å². The number of carbonyl (C=O) groups excluding carboxylic acids is 1. The highest BCUT2D eigenvalue weighted by atomic mass is 19.1. The maximum atomic E-state index is 14.4. The lowest BCUT2D eigenvalue weighted by atomic mass is 9.82. The topological polar surface area (TPSA) is 67.8 Å². The smallest absolute Gasteiger partial charge is 0.331 e. The van der Waals surface area contributed by atoms with Crippen molar-refractivity contribution in [1.82, 2.24) is 5.32 Å². The van der Waals surface area contributed by atoms with Crippen LogP contribution in [0.5, 0.6) is 5.75 Å². The van der Waals surface area contributed by atoms with Crippen LogP contribution in [0.15, 0.2) is 12.1 Å². The van der Waals surface area contributed by atoms with E-state index in [0.29, 0.717) is 5.46 Å². The summed E-state index contributed by atoms with van der Waals surface area (Å²) in [4.78, 5) is 12.1. The van der Waals surface area contributed by atoms with Crippen molar-refractivity contribution in [2.24, 2.45) is 0 Å². The summed E-state index contributed by atoms with van der Waals surface area (Å²) in [6, 6.07) is 2.87. The average molecular weight is 336 g/mol. The summed E-state index contributed by atoms with van der Waals surface area (Å²) in [5.41, 5.74) is -1.66. The minimum Gasteiger partial charge on any atom is -0.496 e. The number of benzene rings is 1. The molecule has 1 aliphatic carbocycles. The Morgan fingerprint density at radius 2 is 1.96 bits per heavy atom. The molecular formula is C17H24BFNO4. The van der Waals surface area contributed by atoms with Gasteiger partial charge in [-0.2, -0.15) is 0 Å². The third-order valence-corrected chi connectivity index (χ3v) is 4.40. The van der Waals surface area contributed by atoms with Crippen LogP contribution in [0, 0.1) is 5.82 Å². The molecule has 0 unspecified atom stereocenters. The van der Waals surface area contributed by atoms with Crippen LogP contribution < -0.4 is 15.5 Å². The van der Waals surface area contributed by atoms with Crippen LogP contribution in [-0.4, -0.2) is 42.8 Å². The van der Waals surface area contributed by atoms with Crippen LogP contribution in [0.1, 0.15) is 50.9 Å². The lowest BCUT2D eigenvalue weighted by Crippen LogP contribution is -2.49. The zero-order chi connectivity index (χ0) is 18.1. The third-order valence-electron chi connectivity index (χ3n) is 4.40. The van der Waals surface area contributed by atoms with Crippen LogP contribution >= 0.6 is 0 Å². The van der Waals surface area contributed by atoms with Crippen LogP contribution in [0.2, 0.25) is 0 Å². The van der Waals surface area contributed by atoms with E-state index < -0.39 is 22.9 Å². The van der Waals surface area contributed by atoms with Gasteiger partial charge < -0.3 is 19.8 Å². The van der Waals surface area contributed by atoms with Crippen molar-refractivity contribution in [3.05, 3.63) is 23.5 Å². The van der Waals surface area contributed by atoms with Gasteiger partial charge in [0.15, 0.2) is 0 Å². The third kappa shape index (κ3) is 4.27. The van der Waals surface area contributed by atoms with Gasteiger partial charge in [-0.1, -0.05) is 0 Å². The van der Waals surface area contributed by atoms with E-state index in [-0.39, 0.29) is 17.4 Å². The number of aliphatic hydroxyl groups is 1. The monoisotopic (exact) mass is 336 g/mol. The van der Waals surface area contributed by atoms with Gasteiger partial charge in [-0.25, -0.2) is 4.39 Å². The first-order chi connectivity index (χ1) is 11.0. The molecule has 2 rings (SSSR count). The predicted octanol–water partition coefficient (Wildman–Crippen LogP) is 1.54. The first-order valence-corrected chi connectivity index (χ1v) is 7.97. The molecule has 0 spiro atoms. The Morgan fingerprint density at radius 1 is 1.33 bits per heavy atom. The van der Waals surface area contributed by atoms with Crippen molar-refractivity contribution >= 4 is 18.9 Å². The molecule has 1 aromatic carbocycles. The quantitative estimate of drug-likeness (QED) is 0.741. The molecule has 24 heavy (non-hydrogen) atoms. The molecule has 0 heterocycles. The molecule has 1 amide bonds. The molecule has 1 aliphatic rings. The van der Waals surface area contributed by atoms with E-state index in [2.05, 4.69) is 5.32 Å². The number of halogens is 1. The molecule has 2 N–H and O–H groups in total. The Balaban J connectivity index is 2.18. The van der Waals surface area contributed by atoms with Crippen molar-refractivity contribution in [2.75, 3.05) is 7.11 Å². The van der Waals surface area contributed by atoms with Crippen LogP contribution in [0.4, 0.5) is 4.39 Å². The number of hydrogen-bond acceptors (Lipinski definition) is 4. The second-order valence-electron chi connectivity index (χ2n) is 7.13. The molecular weight excluding hydrogens is 312 g/mol. The van der Waals surface area contributed by atoms with Gasteiger partial charge in [-0.3, -0.25) is 4.79 Å². The number of methoxy groups -OCH3 is 1. The van der Waals surface area contributed by atoms with E-state index in [0.717, 1.165) is 12.8 Å². The highest BCUT2D eigenvalue weighted by Crippen LogP contribution is 2.26. The molecule has 1 saturated carbocycles. The highest BCUT2D eigenvalue weighted by molar-refractivity contribution is 6.47. The van der Waals surface area contributed by atoms with Crippen LogP contribution in [0.3, 0.4) is 0 Å². The van der Waals surface area contributed by atoms with E-state index in [9.17, 15) is 14.3 Å². The molecule has 1 aromatic rings. The summed E-state index contributed by atoms with van der Waals surface area (Å²) in [6.07, 6.45) is 1.84. The maximum absolute atomic E-state index is 14.4. The molecule has 0 aromatic heterocycles. The summed E-state index contributed by atoms with van der Waals surface area (Å²) in [5, 5.41) is 12.8. The molecule has 0 aliphatic heterocycles. The summed E-state index contributed by atoms with van der Waals surface area (Å²) in [5.74, 6) is -1.01. The fourth-order valence-corrected chi connectivity index (χ4v) is 1.90. The van der Waals surface area contributed by atoms with E-state index in [1.807, 2.05) is 0 Å². The van der Waals surface area contributed by atoms with Gasteiger partial charge in [0.2, 0.25) is 0 Å². The van der Waals surface area contributed by atoms with E-state index in [1.54, 1.807) is 27.7 Å². The summed E-state index contributed by atoms with van der Waals surface area (Å²) < 4.78 is 25.2. The molecule has 0 saturated heterocycles. The summed E-state index contributed by atoms with van der Waals surface area (Å²) >= 11 is 0. The molecule has 1 fully saturated rings. The molecule has 1 radical (unpaired) electrons. The van der Waals surface area contributed by atoms with Gasteiger partial charge in [-0.05, 0) is 58.1 Å². The van der Waals surface area contributed by atoms with Gasteiger partial charge in [0.05, 0.1) is 18.3 Å². The number of carbonyl (C=O) groups is 1. The fraction of sp³-hybridized carbons (Fsp3) is 0.588. The number of rotatable bonds is 7. The minimum atomic E-state index is -1.09. The standard InChI is InChI=1S/C17H24BFNO4/c1-16(2,22)17(3,4)24-18-10-8-12(19)14(13(9-10)23-5)15(21)20-11-6-7-11/h8-9,11,22H,6-7H2,1-5H3,(H,20,21). The van der Waals surface area contributed by atoms with E-state index in [4.69, 9.17) is 9.39 Å². The maximum Gasteiger partial charge on any atom is 0.331 e. The Bertz CT molecular complexity index is 624. The first kappa shape index (κ1) is 18.7. The van der Waals surface area contributed by atoms with Crippen LogP contribution in [-0.2, 0) is 4.65 Å². The second-order valence-corrected chi connectivity index (χ2v) is 7.13. The molecule has 0 atom stereocenters. The van der Waals surface area contributed by atoms with Crippen molar-refractivity contribution < 1.29 is 23.7 Å². The number of amides is 1. The summed E-state index contributed by atoms with van der Waals surface area (Å²) in [7, 11) is 2.74. The van der Waals surface area contributed by atoms with Gasteiger partial charge in [0.1, 0.15) is 17.1 Å². The average Bonchev–Trinajstić information content (AvgIpc) is 3.26. The van der Waals surface area contributed by atoms with Crippen molar-refractivity contribution in [3.63, 3.8) is 0 Å². The number of nitrogens with one attached hydrogen (secondary N) is 1. The van der Waals surface area contributed by atoms with E-state index >= 15 is 0 Å². The zero-order valence-electron chi connectivity index (χ0n) is 14.8. The minimum absolute atomic E-state index is 0.108.